The maximum absolute atomic E-state index is 6.20. The van der Waals surface area contributed by atoms with E-state index in [-0.39, 0.29) is 0 Å². The van der Waals surface area contributed by atoms with Crippen LogP contribution in [0.3, 0.4) is 0 Å². The lowest BCUT2D eigenvalue weighted by molar-refractivity contribution is 0.219. The number of ether oxygens (including phenoxy) is 1. The number of benzene rings is 2. The summed E-state index contributed by atoms with van der Waals surface area (Å²) in [5.74, 6) is 0.834. The number of hydrogen-bond acceptors (Lipinski definition) is 4. The number of nitrogens with one attached hydrogen (secondary N) is 1. The number of methoxy groups -OCH3 is 1. The van der Waals surface area contributed by atoms with Gasteiger partial charge in [-0.2, -0.15) is 0 Å². The van der Waals surface area contributed by atoms with Crippen molar-refractivity contribution in [2.75, 3.05) is 32.1 Å². The van der Waals surface area contributed by atoms with E-state index in [9.17, 15) is 0 Å². The van der Waals surface area contributed by atoms with E-state index in [4.69, 9.17) is 21.3 Å². The van der Waals surface area contributed by atoms with E-state index in [1.54, 1.807) is 7.11 Å². The summed E-state index contributed by atoms with van der Waals surface area (Å²) in [5.41, 5.74) is 2.95. The van der Waals surface area contributed by atoms with Crippen molar-refractivity contribution in [2.45, 2.75) is 39.7 Å². The molecule has 0 aliphatic carbocycles. The highest BCUT2D eigenvalue weighted by Gasteiger charge is 2.12. The van der Waals surface area contributed by atoms with E-state index >= 15 is 0 Å². The summed E-state index contributed by atoms with van der Waals surface area (Å²) in [7, 11) is 1.69. The van der Waals surface area contributed by atoms with E-state index in [1.807, 2.05) is 30.3 Å². The fourth-order valence-corrected chi connectivity index (χ4v) is 4.02. The molecule has 0 saturated carbocycles. The number of nitrogens with zero attached hydrogens (tertiary/aromatic N) is 2. The van der Waals surface area contributed by atoms with Gasteiger partial charge in [-0.3, -0.25) is 0 Å². The quantitative estimate of drug-likeness (QED) is 0.355. The molecule has 28 heavy (non-hydrogen) atoms. The number of rotatable bonds is 9. The normalized spacial score (nSPS) is 12.6. The van der Waals surface area contributed by atoms with Gasteiger partial charge in [-0.1, -0.05) is 25.4 Å². The maximum atomic E-state index is 6.20. The van der Waals surface area contributed by atoms with Crippen molar-refractivity contribution in [3.05, 3.63) is 41.4 Å². The van der Waals surface area contributed by atoms with Gasteiger partial charge in [-0.05, 0) is 69.3 Å². The molecule has 4 nitrogen and oxygen atoms in total. The maximum Gasteiger partial charge on any atom is 0.119 e. The highest BCUT2D eigenvalue weighted by atomic mass is 35.5. The largest absolute Gasteiger partial charge is 0.497 e. The Morgan fingerprint density at radius 3 is 2.57 bits per heavy atom. The minimum Gasteiger partial charge on any atom is -0.497 e. The molecule has 0 aliphatic heterocycles. The number of anilines is 1. The molecule has 3 aromatic rings. The lowest BCUT2D eigenvalue weighted by atomic mass is 10.1. The van der Waals surface area contributed by atoms with Gasteiger partial charge in [0.1, 0.15) is 5.75 Å². The Labute approximate surface area is 172 Å². The van der Waals surface area contributed by atoms with Crippen molar-refractivity contribution in [1.82, 2.24) is 9.88 Å². The van der Waals surface area contributed by atoms with Crippen LogP contribution in [0.1, 0.15) is 33.6 Å². The Kier molecular flexibility index (Phi) is 6.97. The predicted octanol–water partition coefficient (Wildman–Crippen LogP) is 5.97. The summed E-state index contributed by atoms with van der Waals surface area (Å²) >= 11 is 6.20. The third-order valence-electron chi connectivity index (χ3n) is 5.48. The number of halogens is 1. The third kappa shape index (κ3) is 4.50. The summed E-state index contributed by atoms with van der Waals surface area (Å²) in [6.07, 6.45) is 2.28. The second kappa shape index (κ2) is 9.44. The van der Waals surface area contributed by atoms with E-state index in [1.165, 1.54) is 6.42 Å². The van der Waals surface area contributed by atoms with Crippen LogP contribution in [-0.2, 0) is 0 Å². The molecule has 2 aromatic carbocycles. The third-order valence-corrected chi connectivity index (χ3v) is 5.71. The van der Waals surface area contributed by atoms with Gasteiger partial charge >= 0.3 is 0 Å². The number of aromatic nitrogens is 1. The Balaban J connectivity index is 1.86. The molecule has 0 amide bonds. The SMILES string of the molecule is CCN(CC)C(C)CCCNc1c2ccc(Cl)cc2nc2ccc(OC)cc12. The highest BCUT2D eigenvalue weighted by Crippen LogP contribution is 2.34. The average molecular weight is 400 g/mol. The molecule has 0 fully saturated rings. The fourth-order valence-electron chi connectivity index (χ4n) is 3.85. The van der Waals surface area contributed by atoms with Crippen molar-refractivity contribution in [1.29, 1.82) is 0 Å². The monoisotopic (exact) mass is 399 g/mol. The molecule has 0 aliphatic rings. The molecule has 1 unspecified atom stereocenters. The Morgan fingerprint density at radius 2 is 1.86 bits per heavy atom. The first-order valence-electron chi connectivity index (χ1n) is 10.1. The van der Waals surface area contributed by atoms with E-state index in [0.717, 1.165) is 59.3 Å². The second-order valence-electron chi connectivity index (χ2n) is 7.17. The molecule has 1 N–H and O–H groups in total. The van der Waals surface area contributed by atoms with Crippen LogP contribution in [0.5, 0.6) is 5.75 Å². The topological polar surface area (TPSA) is 37.4 Å². The molecule has 0 spiro atoms. The molecule has 3 rings (SSSR count). The molecular formula is C23H30ClN3O. The van der Waals surface area contributed by atoms with Gasteiger partial charge in [0, 0.05) is 28.4 Å². The molecule has 0 bridgehead atoms. The van der Waals surface area contributed by atoms with Crippen LogP contribution < -0.4 is 10.1 Å². The van der Waals surface area contributed by atoms with Crippen molar-refractivity contribution < 1.29 is 4.74 Å². The van der Waals surface area contributed by atoms with Crippen molar-refractivity contribution >= 4 is 39.1 Å². The van der Waals surface area contributed by atoms with Gasteiger partial charge < -0.3 is 15.0 Å². The Bertz CT molecular complexity index is 940. The zero-order valence-electron chi connectivity index (χ0n) is 17.3. The first kappa shape index (κ1) is 20.7. The van der Waals surface area contributed by atoms with Crippen LogP contribution in [-0.4, -0.2) is 42.7 Å². The summed E-state index contributed by atoms with van der Waals surface area (Å²) in [6, 6.07) is 12.5. The number of hydrogen-bond donors (Lipinski definition) is 1. The molecule has 150 valence electrons. The van der Waals surface area contributed by atoms with Gasteiger partial charge in [0.05, 0.1) is 23.8 Å². The number of fused-ring (bicyclic) bond motifs is 2. The second-order valence-corrected chi connectivity index (χ2v) is 7.61. The average Bonchev–Trinajstić information content (AvgIpc) is 2.70. The first-order chi connectivity index (χ1) is 13.6. The van der Waals surface area contributed by atoms with Crippen molar-refractivity contribution in [3.8, 4) is 5.75 Å². The fraction of sp³-hybridized carbons (Fsp3) is 0.435. The molecule has 0 saturated heterocycles. The standard InChI is InChI=1S/C23H30ClN3O/c1-5-27(6-2)16(3)8-7-13-25-23-19-11-9-17(24)14-22(19)26-21-12-10-18(28-4)15-20(21)23/h9-12,14-16H,5-8,13H2,1-4H3,(H,25,26). The molecule has 1 atom stereocenters. The van der Waals surface area contributed by atoms with Gasteiger partial charge in [0.2, 0.25) is 0 Å². The summed E-state index contributed by atoms with van der Waals surface area (Å²) in [6.45, 7) is 9.89. The number of pyridine rings is 1. The van der Waals surface area contributed by atoms with Gasteiger partial charge in [-0.25, -0.2) is 4.98 Å². The summed E-state index contributed by atoms with van der Waals surface area (Å²) < 4.78 is 5.43. The van der Waals surface area contributed by atoms with Gasteiger partial charge in [-0.15, -0.1) is 0 Å². The lowest BCUT2D eigenvalue weighted by Crippen LogP contribution is -2.32. The molecular weight excluding hydrogens is 370 g/mol. The van der Waals surface area contributed by atoms with E-state index in [2.05, 4.69) is 37.1 Å². The first-order valence-corrected chi connectivity index (χ1v) is 10.5. The van der Waals surface area contributed by atoms with E-state index < -0.39 is 0 Å². The van der Waals surface area contributed by atoms with Crippen LogP contribution in [0.2, 0.25) is 5.02 Å². The van der Waals surface area contributed by atoms with Gasteiger partial charge in [0.25, 0.3) is 0 Å². The van der Waals surface area contributed by atoms with Crippen LogP contribution in [0.15, 0.2) is 36.4 Å². The predicted molar refractivity (Wildman–Crippen MR) is 121 cm³/mol. The Hall–Kier alpha value is -2.04. The van der Waals surface area contributed by atoms with E-state index in [0.29, 0.717) is 11.1 Å². The van der Waals surface area contributed by atoms with Crippen molar-refractivity contribution in [3.63, 3.8) is 0 Å². The zero-order valence-corrected chi connectivity index (χ0v) is 18.0. The smallest absolute Gasteiger partial charge is 0.119 e. The molecule has 1 aromatic heterocycles. The Morgan fingerprint density at radius 1 is 1.07 bits per heavy atom. The molecule has 1 heterocycles. The zero-order chi connectivity index (χ0) is 20.1. The summed E-state index contributed by atoms with van der Waals surface area (Å²) in [5, 5.41) is 6.54. The van der Waals surface area contributed by atoms with Crippen LogP contribution >= 0.6 is 11.6 Å². The minimum absolute atomic E-state index is 0.599. The van der Waals surface area contributed by atoms with Gasteiger partial charge in [0.15, 0.2) is 0 Å². The van der Waals surface area contributed by atoms with Crippen LogP contribution in [0, 0.1) is 0 Å². The molecule has 0 radical (unpaired) electrons. The minimum atomic E-state index is 0.599. The van der Waals surface area contributed by atoms with Crippen molar-refractivity contribution in [2.24, 2.45) is 0 Å². The van der Waals surface area contributed by atoms with Crippen LogP contribution in [0.4, 0.5) is 5.69 Å². The van der Waals surface area contributed by atoms with Crippen LogP contribution in [0.25, 0.3) is 21.8 Å². The lowest BCUT2D eigenvalue weighted by Gasteiger charge is -2.26. The highest BCUT2D eigenvalue weighted by molar-refractivity contribution is 6.31. The molecule has 5 heteroatoms. The summed E-state index contributed by atoms with van der Waals surface area (Å²) in [4.78, 5) is 7.29.